The fourth-order valence-electron chi connectivity index (χ4n) is 2.63. The molecule has 7 heteroatoms. The van der Waals surface area contributed by atoms with Gasteiger partial charge in [0.15, 0.2) is 17.5 Å². The van der Waals surface area contributed by atoms with Crippen molar-refractivity contribution < 1.29 is 14.2 Å². The van der Waals surface area contributed by atoms with Gasteiger partial charge in [-0.15, -0.1) is 0 Å². The number of methoxy groups -OCH3 is 1. The second kappa shape index (κ2) is 8.67. The molecule has 0 radical (unpaired) electrons. The van der Waals surface area contributed by atoms with Crippen LogP contribution in [0.3, 0.4) is 0 Å². The monoisotopic (exact) mass is 375 g/mol. The molecule has 2 aromatic carbocycles. The molecule has 0 atom stereocenters. The van der Waals surface area contributed by atoms with Crippen molar-refractivity contribution in [1.29, 1.82) is 0 Å². The van der Waals surface area contributed by atoms with Gasteiger partial charge in [0.2, 0.25) is 6.79 Å². The van der Waals surface area contributed by atoms with Crippen LogP contribution in [0.2, 0.25) is 5.02 Å². The summed E-state index contributed by atoms with van der Waals surface area (Å²) in [5.74, 6) is 3.05. The van der Waals surface area contributed by atoms with E-state index in [1.807, 2.05) is 36.4 Å². The smallest absolute Gasteiger partial charge is 0.231 e. The minimum Gasteiger partial charge on any atom is -0.497 e. The summed E-state index contributed by atoms with van der Waals surface area (Å²) in [7, 11) is 3.37. The number of guanidine groups is 1. The van der Waals surface area contributed by atoms with Gasteiger partial charge in [-0.2, -0.15) is 0 Å². The van der Waals surface area contributed by atoms with Crippen molar-refractivity contribution in [2.45, 2.75) is 13.0 Å². The Balaban J connectivity index is 1.48. The number of hydrogen-bond donors (Lipinski definition) is 2. The van der Waals surface area contributed by atoms with Crippen LogP contribution in [-0.2, 0) is 13.0 Å². The maximum absolute atomic E-state index is 6.27. The first-order chi connectivity index (χ1) is 12.7. The molecule has 0 amide bonds. The van der Waals surface area contributed by atoms with Crippen molar-refractivity contribution in [2.24, 2.45) is 4.99 Å². The Hall–Kier alpha value is -2.60. The van der Waals surface area contributed by atoms with E-state index in [-0.39, 0.29) is 6.79 Å². The number of hydrogen-bond acceptors (Lipinski definition) is 4. The quantitative estimate of drug-likeness (QED) is 0.600. The number of nitrogens with zero attached hydrogens (tertiary/aromatic N) is 1. The summed E-state index contributed by atoms with van der Waals surface area (Å²) in [6.07, 6.45) is 0.785. The van der Waals surface area contributed by atoms with E-state index in [4.69, 9.17) is 25.8 Å². The van der Waals surface area contributed by atoms with Crippen LogP contribution in [0.15, 0.2) is 41.4 Å². The van der Waals surface area contributed by atoms with Gasteiger partial charge in [-0.05, 0) is 41.8 Å². The van der Waals surface area contributed by atoms with Crippen molar-refractivity contribution in [3.8, 4) is 17.2 Å². The summed E-state index contributed by atoms with van der Waals surface area (Å²) in [6.45, 7) is 1.63. The van der Waals surface area contributed by atoms with E-state index >= 15 is 0 Å². The van der Waals surface area contributed by atoms with E-state index in [1.165, 1.54) is 0 Å². The summed E-state index contributed by atoms with van der Waals surface area (Å²) in [5, 5.41) is 7.28. The van der Waals surface area contributed by atoms with Crippen molar-refractivity contribution >= 4 is 17.6 Å². The van der Waals surface area contributed by atoms with Gasteiger partial charge >= 0.3 is 0 Å². The molecule has 2 aromatic rings. The highest BCUT2D eigenvalue weighted by Gasteiger charge is 2.13. The standard InChI is InChI=1S/C19H22ClN3O3/c1-21-19(22-8-7-14-4-5-15(24-2)10-16(14)20)23-11-13-3-6-17-18(9-13)26-12-25-17/h3-6,9-10H,7-8,11-12H2,1-2H3,(H2,21,22,23). The zero-order valence-corrected chi connectivity index (χ0v) is 15.6. The molecular formula is C19H22ClN3O3. The molecule has 0 saturated carbocycles. The molecule has 0 bridgehead atoms. The Morgan fingerprint density at radius 2 is 2.00 bits per heavy atom. The molecule has 0 aromatic heterocycles. The molecule has 138 valence electrons. The molecule has 0 unspecified atom stereocenters. The third kappa shape index (κ3) is 4.52. The van der Waals surface area contributed by atoms with Gasteiger partial charge < -0.3 is 24.8 Å². The van der Waals surface area contributed by atoms with Gasteiger partial charge in [-0.3, -0.25) is 4.99 Å². The molecule has 1 aliphatic rings. The topological polar surface area (TPSA) is 64.1 Å². The van der Waals surface area contributed by atoms with E-state index < -0.39 is 0 Å². The molecular weight excluding hydrogens is 354 g/mol. The summed E-state index contributed by atoms with van der Waals surface area (Å²) < 4.78 is 15.9. The molecule has 6 nitrogen and oxygen atoms in total. The summed E-state index contributed by atoms with van der Waals surface area (Å²) in [5.41, 5.74) is 2.15. The van der Waals surface area contributed by atoms with E-state index in [0.717, 1.165) is 40.8 Å². The van der Waals surface area contributed by atoms with Crippen LogP contribution in [0.25, 0.3) is 0 Å². The third-order valence-corrected chi connectivity index (χ3v) is 4.42. The van der Waals surface area contributed by atoms with Crippen molar-refractivity contribution in [3.05, 3.63) is 52.5 Å². The number of nitrogens with one attached hydrogen (secondary N) is 2. The van der Waals surface area contributed by atoms with Crippen LogP contribution < -0.4 is 24.8 Å². The van der Waals surface area contributed by atoms with Crippen molar-refractivity contribution in [2.75, 3.05) is 27.5 Å². The second-order valence-corrected chi connectivity index (χ2v) is 6.15. The predicted octanol–water partition coefficient (Wildman–Crippen LogP) is 2.99. The zero-order chi connectivity index (χ0) is 18.4. The molecule has 0 aliphatic carbocycles. The Bertz CT molecular complexity index is 796. The lowest BCUT2D eigenvalue weighted by Crippen LogP contribution is -2.37. The van der Waals surface area contributed by atoms with Crippen molar-refractivity contribution in [1.82, 2.24) is 10.6 Å². The lowest BCUT2D eigenvalue weighted by Gasteiger charge is -2.13. The lowest BCUT2D eigenvalue weighted by molar-refractivity contribution is 0.174. The van der Waals surface area contributed by atoms with Crippen molar-refractivity contribution in [3.63, 3.8) is 0 Å². The van der Waals surface area contributed by atoms with Gasteiger partial charge in [0.05, 0.1) is 7.11 Å². The average Bonchev–Trinajstić information content (AvgIpc) is 3.13. The third-order valence-electron chi connectivity index (χ3n) is 4.07. The molecule has 26 heavy (non-hydrogen) atoms. The van der Waals surface area contributed by atoms with E-state index in [2.05, 4.69) is 15.6 Å². The van der Waals surface area contributed by atoms with Gasteiger partial charge in [0.25, 0.3) is 0 Å². The second-order valence-electron chi connectivity index (χ2n) is 5.75. The number of halogens is 1. The van der Waals surface area contributed by atoms with Crippen LogP contribution in [0.1, 0.15) is 11.1 Å². The molecule has 1 heterocycles. The predicted molar refractivity (Wildman–Crippen MR) is 102 cm³/mol. The van der Waals surface area contributed by atoms with Crippen LogP contribution in [0.5, 0.6) is 17.2 Å². The first kappa shape index (κ1) is 18.2. The fourth-order valence-corrected chi connectivity index (χ4v) is 2.90. The van der Waals surface area contributed by atoms with Gasteiger partial charge in [-0.1, -0.05) is 23.7 Å². The SMILES string of the molecule is CN=C(NCCc1ccc(OC)cc1Cl)NCc1ccc2c(c1)OCO2. The minimum atomic E-state index is 0.281. The molecule has 0 spiro atoms. The number of ether oxygens (including phenoxy) is 3. The highest BCUT2D eigenvalue weighted by atomic mass is 35.5. The first-order valence-electron chi connectivity index (χ1n) is 8.35. The number of aliphatic imine (C=N–C) groups is 1. The Labute approximate surface area is 158 Å². The largest absolute Gasteiger partial charge is 0.497 e. The first-order valence-corrected chi connectivity index (χ1v) is 8.73. The number of fused-ring (bicyclic) bond motifs is 1. The molecule has 0 fully saturated rings. The fraction of sp³-hybridized carbons (Fsp3) is 0.316. The molecule has 3 rings (SSSR count). The van der Waals surface area contributed by atoms with Crippen LogP contribution >= 0.6 is 11.6 Å². The van der Waals surface area contributed by atoms with E-state index in [9.17, 15) is 0 Å². The number of benzene rings is 2. The lowest BCUT2D eigenvalue weighted by atomic mass is 10.1. The van der Waals surface area contributed by atoms with E-state index in [0.29, 0.717) is 18.1 Å². The summed E-state index contributed by atoms with van der Waals surface area (Å²) in [4.78, 5) is 4.24. The Kier molecular flexibility index (Phi) is 6.07. The highest BCUT2D eigenvalue weighted by molar-refractivity contribution is 6.31. The molecule has 1 aliphatic heterocycles. The molecule has 0 saturated heterocycles. The summed E-state index contributed by atoms with van der Waals surface area (Å²) >= 11 is 6.27. The normalized spacial score (nSPS) is 12.8. The molecule has 2 N–H and O–H groups in total. The maximum Gasteiger partial charge on any atom is 0.231 e. The van der Waals surface area contributed by atoms with Crippen LogP contribution in [0, 0.1) is 0 Å². The van der Waals surface area contributed by atoms with Gasteiger partial charge in [-0.25, -0.2) is 0 Å². The van der Waals surface area contributed by atoms with Crippen LogP contribution in [-0.4, -0.2) is 33.5 Å². The number of rotatable bonds is 6. The summed E-state index contributed by atoms with van der Waals surface area (Å²) in [6, 6.07) is 11.6. The van der Waals surface area contributed by atoms with Gasteiger partial charge in [0.1, 0.15) is 5.75 Å². The van der Waals surface area contributed by atoms with Gasteiger partial charge in [0, 0.05) is 25.2 Å². The average molecular weight is 376 g/mol. The highest BCUT2D eigenvalue weighted by Crippen LogP contribution is 2.32. The minimum absolute atomic E-state index is 0.281. The maximum atomic E-state index is 6.27. The zero-order valence-electron chi connectivity index (χ0n) is 14.8. The van der Waals surface area contributed by atoms with E-state index in [1.54, 1.807) is 14.2 Å². The Morgan fingerprint density at radius 3 is 2.77 bits per heavy atom. The van der Waals surface area contributed by atoms with Crippen LogP contribution in [0.4, 0.5) is 0 Å². The Morgan fingerprint density at radius 1 is 1.15 bits per heavy atom.